The topological polar surface area (TPSA) is 276 Å². The van der Waals surface area contributed by atoms with Gasteiger partial charge < -0.3 is 19.8 Å². The van der Waals surface area contributed by atoms with E-state index in [1.165, 1.54) is 40.3 Å². The van der Waals surface area contributed by atoms with Crippen LogP contribution in [0.2, 0.25) is 0 Å². The van der Waals surface area contributed by atoms with Crippen LogP contribution in [0.4, 0.5) is 38.0 Å². The summed E-state index contributed by atoms with van der Waals surface area (Å²) in [5, 5.41) is 4.02. The molecular weight excluding hydrogens is 1140 g/mol. The first-order valence-electron chi connectivity index (χ1n) is 20.8. The first-order chi connectivity index (χ1) is 33.7. The number of aryl methyl sites for hydroxylation is 2. The second-order valence-corrected chi connectivity index (χ2v) is 21.5. The highest BCUT2D eigenvalue weighted by molar-refractivity contribution is 14.1. The Balaban J connectivity index is 0.000000197. The van der Waals surface area contributed by atoms with Gasteiger partial charge in [0.15, 0.2) is 22.3 Å². The molecule has 31 heteroatoms. The number of rotatable bonds is 8. The zero-order valence-corrected chi connectivity index (χ0v) is 42.6. The number of anilines is 2. The average molecular weight is 1180 g/mol. The second kappa shape index (κ2) is 20.4. The van der Waals surface area contributed by atoms with Gasteiger partial charge in [-0.1, -0.05) is 17.8 Å². The maximum absolute atomic E-state index is 13.3. The SMILES string of the molecule is C#CCn1c(=O)n(C)c(=O)c2c1nc(S(C)(=O)=O)n2C.Cn1c(=O)c2c(nc(S(C)(=O)=O)n2C)n(CC#Cc2cc(NC(=O)C3CC3)nc(C(F)(F)F)c2)c1=O.O=C(Nc1cc(I)cc(C(F)(F)F)n1)C1CC1. The number of alkyl halides is 6. The summed E-state index contributed by atoms with van der Waals surface area (Å²) in [6.07, 6.45) is 0.639. The molecule has 6 aromatic heterocycles. The Morgan fingerprint density at radius 2 is 1.05 bits per heavy atom. The third-order valence-electron chi connectivity index (χ3n) is 10.6. The van der Waals surface area contributed by atoms with E-state index in [4.69, 9.17) is 6.42 Å². The standard InChI is InChI=1S/C21H19F3N6O5S.C11H12N4O4S.C10H8F3IN2O/c1-28-15-16(27-19(28)36(3,34)35)30(20(33)29(2)18(15)32)8-4-5-11-9-13(21(22,23)24)25-14(10-11)26-17(31)12-6-7-12;1-5-6-15-8-7(9(16)14(3)11(15)17)13(2)10(12-8)20(4,18)19;11-10(12,13)7-3-6(14)4-8(15-7)16-9(17)5-1-2-5/h9-10,12H,6-8H2,1-3H3,(H,25,26,31);1H,6H2,2-4H3;3-5H,1-2H2,(H,15,16,17). The number of nitrogens with one attached hydrogen (secondary N) is 2. The number of nitrogens with zero attached hydrogens (tertiary/aromatic N) is 10. The van der Waals surface area contributed by atoms with Crippen LogP contribution in [0.5, 0.6) is 0 Å². The first kappa shape index (κ1) is 55.2. The van der Waals surface area contributed by atoms with Crippen LogP contribution in [0.15, 0.2) is 53.8 Å². The van der Waals surface area contributed by atoms with Crippen molar-refractivity contribution >= 4 is 88.0 Å². The summed E-state index contributed by atoms with van der Waals surface area (Å²) in [6.45, 7) is -0.527. The van der Waals surface area contributed by atoms with Gasteiger partial charge in [0.25, 0.3) is 11.1 Å². The van der Waals surface area contributed by atoms with Crippen LogP contribution in [0, 0.1) is 39.6 Å². The van der Waals surface area contributed by atoms with Gasteiger partial charge in [-0.05, 0) is 72.5 Å². The van der Waals surface area contributed by atoms with Gasteiger partial charge in [-0.25, -0.2) is 36.4 Å². The lowest BCUT2D eigenvalue weighted by Crippen LogP contribution is -2.38. The summed E-state index contributed by atoms with van der Waals surface area (Å²) in [7, 11) is -2.29. The molecule has 2 aliphatic rings. The maximum Gasteiger partial charge on any atom is 0.433 e. The van der Waals surface area contributed by atoms with E-state index in [-0.39, 0.29) is 69.0 Å². The molecule has 0 aromatic carbocycles. The molecule has 2 N–H and O–H groups in total. The zero-order chi connectivity index (χ0) is 54.4. The molecule has 2 amide bonds. The zero-order valence-electron chi connectivity index (χ0n) is 38.8. The predicted octanol–water partition coefficient (Wildman–Crippen LogP) is 2.18. The van der Waals surface area contributed by atoms with E-state index in [0.29, 0.717) is 22.5 Å². The number of imidazole rings is 2. The minimum atomic E-state index is -4.80. The molecule has 2 saturated carbocycles. The van der Waals surface area contributed by atoms with Crippen molar-refractivity contribution in [3.63, 3.8) is 0 Å². The molecule has 0 spiro atoms. The summed E-state index contributed by atoms with van der Waals surface area (Å²) in [5.74, 6) is 5.97. The molecule has 22 nitrogen and oxygen atoms in total. The third-order valence-corrected chi connectivity index (χ3v) is 13.3. The number of terminal acetylenes is 1. The van der Waals surface area contributed by atoms with E-state index in [9.17, 15) is 71.9 Å². The number of fused-ring (bicyclic) bond motifs is 2. The van der Waals surface area contributed by atoms with Crippen molar-refractivity contribution in [2.24, 2.45) is 40.0 Å². The predicted molar refractivity (Wildman–Crippen MR) is 256 cm³/mol. The van der Waals surface area contributed by atoms with E-state index in [1.807, 2.05) is 0 Å². The largest absolute Gasteiger partial charge is 0.433 e. The molecule has 6 aromatic rings. The van der Waals surface area contributed by atoms with Gasteiger partial charge in [0.05, 0.1) is 13.1 Å². The average Bonchev–Trinajstić information content (AvgIpc) is 4.22. The Labute approximate surface area is 421 Å². The molecule has 0 radical (unpaired) electrons. The lowest BCUT2D eigenvalue weighted by atomic mass is 10.2. The number of amides is 2. The van der Waals surface area contributed by atoms with E-state index in [0.717, 1.165) is 58.8 Å². The Bertz CT molecular complexity index is 3870. The number of carbonyl (C=O) groups excluding carboxylic acids is 2. The fraction of sp³-hybridized carbons (Fsp3) is 0.381. The summed E-state index contributed by atoms with van der Waals surface area (Å²) in [6, 6.07) is 4.22. The van der Waals surface area contributed by atoms with Crippen molar-refractivity contribution in [3.8, 4) is 24.2 Å². The summed E-state index contributed by atoms with van der Waals surface area (Å²) in [4.78, 5) is 87.4. The minimum absolute atomic E-state index is 0.0165. The molecule has 2 fully saturated rings. The van der Waals surface area contributed by atoms with Crippen molar-refractivity contribution in [2.45, 2.75) is 61.4 Å². The fourth-order valence-electron chi connectivity index (χ4n) is 6.74. The number of carbonyl (C=O) groups is 2. The van der Waals surface area contributed by atoms with Crippen molar-refractivity contribution in [1.29, 1.82) is 0 Å². The normalized spacial score (nSPS) is 13.8. The number of pyridine rings is 2. The van der Waals surface area contributed by atoms with Gasteiger partial charge in [-0.3, -0.25) is 37.4 Å². The highest BCUT2D eigenvalue weighted by Gasteiger charge is 2.36. The Morgan fingerprint density at radius 3 is 1.44 bits per heavy atom. The number of halogens is 7. The molecule has 0 saturated heterocycles. The molecule has 388 valence electrons. The number of sulfone groups is 2. The molecule has 0 atom stereocenters. The van der Waals surface area contributed by atoms with Crippen LogP contribution in [-0.4, -0.2) is 88.5 Å². The number of hydrogen-bond acceptors (Lipinski definition) is 14. The lowest BCUT2D eigenvalue weighted by molar-refractivity contribution is -0.141. The van der Waals surface area contributed by atoms with Crippen LogP contribution >= 0.6 is 22.6 Å². The van der Waals surface area contributed by atoms with Crippen molar-refractivity contribution in [2.75, 3.05) is 23.1 Å². The van der Waals surface area contributed by atoms with Crippen molar-refractivity contribution in [1.82, 2.24) is 47.3 Å². The van der Waals surface area contributed by atoms with Crippen molar-refractivity contribution in [3.05, 3.63) is 86.5 Å². The Morgan fingerprint density at radius 1 is 0.658 bits per heavy atom. The molecule has 2 aliphatic carbocycles. The summed E-state index contributed by atoms with van der Waals surface area (Å²) < 4.78 is 131. The summed E-state index contributed by atoms with van der Waals surface area (Å²) in [5.41, 5.74) is -5.66. The van der Waals surface area contributed by atoms with Gasteiger partial charge in [0, 0.05) is 61.7 Å². The number of aromatic nitrogens is 10. The van der Waals surface area contributed by atoms with Crippen LogP contribution < -0.4 is 33.1 Å². The van der Waals surface area contributed by atoms with Gasteiger partial charge in [-0.2, -0.15) is 36.3 Å². The van der Waals surface area contributed by atoms with E-state index < -0.39 is 83.5 Å². The van der Waals surface area contributed by atoms with Gasteiger partial charge in [0.1, 0.15) is 23.0 Å². The quantitative estimate of drug-likeness (QED) is 0.126. The number of hydrogen-bond donors (Lipinski definition) is 2. The van der Waals surface area contributed by atoms with Gasteiger partial charge >= 0.3 is 23.7 Å². The molecule has 73 heavy (non-hydrogen) atoms. The van der Waals surface area contributed by atoms with Crippen LogP contribution in [-0.2, 0) is 82.9 Å². The van der Waals surface area contributed by atoms with Gasteiger partial charge in [-0.15, -0.1) is 6.42 Å². The maximum atomic E-state index is 13.3. The lowest BCUT2D eigenvalue weighted by Gasteiger charge is -2.10. The van der Waals surface area contributed by atoms with Gasteiger partial charge in [0.2, 0.25) is 41.8 Å². The molecule has 0 bridgehead atoms. The molecule has 8 rings (SSSR count). The van der Waals surface area contributed by atoms with E-state index >= 15 is 0 Å². The second-order valence-electron chi connectivity index (χ2n) is 16.5. The van der Waals surface area contributed by atoms with Crippen molar-refractivity contribution < 1.29 is 52.8 Å². The Kier molecular flexibility index (Phi) is 15.4. The van der Waals surface area contributed by atoms with Crippen LogP contribution in [0.1, 0.15) is 42.6 Å². The smallest absolute Gasteiger partial charge is 0.312 e. The Hall–Kier alpha value is -7.13. The fourth-order valence-corrected chi connectivity index (χ4v) is 9.02. The molecule has 0 aliphatic heterocycles. The summed E-state index contributed by atoms with van der Waals surface area (Å²) >= 11 is 1.76. The highest BCUT2D eigenvalue weighted by atomic mass is 127. The van der Waals surface area contributed by atoms with Crippen LogP contribution in [0.3, 0.4) is 0 Å². The molecule has 6 heterocycles. The highest BCUT2D eigenvalue weighted by Crippen LogP contribution is 2.34. The van der Waals surface area contributed by atoms with Crippen LogP contribution in [0.25, 0.3) is 22.3 Å². The minimum Gasteiger partial charge on any atom is -0.312 e. The first-order valence-corrected chi connectivity index (χ1v) is 25.7. The monoisotopic (exact) mass is 1180 g/mol. The molecular formula is C42H39F6IN12O10S2. The van der Waals surface area contributed by atoms with E-state index in [1.54, 1.807) is 22.6 Å². The molecule has 0 unspecified atom stereocenters. The third kappa shape index (κ3) is 12.4. The van der Waals surface area contributed by atoms with E-state index in [2.05, 4.69) is 48.3 Å².